The minimum Gasteiger partial charge on any atom is -0.379 e. The highest BCUT2D eigenvalue weighted by Gasteiger charge is 2.09. The lowest BCUT2D eigenvalue weighted by Gasteiger charge is -2.26. The van der Waals surface area contributed by atoms with Crippen LogP contribution in [0.1, 0.15) is 17.0 Å². The number of ether oxygens (including phenoxy) is 1. The summed E-state index contributed by atoms with van der Waals surface area (Å²) in [6.07, 6.45) is 1.76. The summed E-state index contributed by atoms with van der Waals surface area (Å²) in [5.41, 5.74) is 5.89. The smallest absolute Gasteiger partial charge is 0.187 e. The summed E-state index contributed by atoms with van der Waals surface area (Å²) in [7, 11) is 1.92. The van der Waals surface area contributed by atoms with Gasteiger partial charge in [0.1, 0.15) is 0 Å². The van der Waals surface area contributed by atoms with Gasteiger partial charge in [0, 0.05) is 44.5 Å². The van der Waals surface area contributed by atoms with E-state index >= 15 is 0 Å². The standard InChI is InChI=1S/C14H24N6OS/c1-11-13(12(2)19(3)18-11)10-16-17-14(22)15-4-5-20-6-8-21-9-7-20/h10H,4-9H2,1-3H3,(H2,15,17,22)/b16-10-. The van der Waals surface area contributed by atoms with Crippen LogP contribution in [0.4, 0.5) is 0 Å². The maximum absolute atomic E-state index is 5.32. The van der Waals surface area contributed by atoms with Gasteiger partial charge in [0.25, 0.3) is 0 Å². The van der Waals surface area contributed by atoms with Crippen molar-refractivity contribution in [2.24, 2.45) is 12.1 Å². The molecule has 0 bridgehead atoms. The highest BCUT2D eigenvalue weighted by atomic mass is 32.1. The molecular formula is C14H24N6OS. The SMILES string of the molecule is Cc1nn(C)c(C)c1/C=N\NC(=S)NCCN1CCOCC1. The van der Waals surface area contributed by atoms with E-state index in [1.165, 1.54) is 0 Å². The molecule has 122 valence electrons. The van der Waals surface area contributed by atoms with Crippen molar-refractivity contribution in [3.05, 3.63) is 17.0 Å². The molecule has 0 saturated carbocycles. The average molecular weight is 324 g/mol. The fourth-order valence-electron chi connectivity index (χ4n) is 2.32. The molecule has 0 amide bonds. The van der Waals surface area contributed by atoms with E-state index in [-0.39, 0.29) is 0 Å². The predicted molar refractivity (Wildman–Crippen MR) is 91.3 cm³/mol. The van der Waals surface area contributed by atoms with Crippen LogP contribution in [0.3, 0.4) is 0 Å². The van der Waals surface area contributed by atoms with Gasteiger partial charge >= 0.3 is 0 Å². The first kappa shape index (κ1) is 16.9. The molecule has 7 nitrogen and oxygen atoms in total. The van der Waals surface area contributed by atoms with Gasteiger partial charge in [-0.2, -0.15) is 10.2 Å². The maximum Gasteiger partial charge on any atom is 0.187 e. The van der Waals surface area contributed by atoms with Crippen molar-refractivity contribution in [2.45, 2.75) is 13.8 Å². The third-order valence-electron chi connectivity index (χ3n) is 3.74. The van der Waals surface area contributed by atoms with Gasteiger partial charge in [0.2, 0.25) is 0 Å². The minimum absolute atomic E-state index is 0.531. The second kappa shape index (κ2) is 8.21. The van der Waals surface area contributed by atoms with Gasteiger partial charge < -0.3 is 10.1 Å². The van der Waals surface area contributed by atoms with E-state index in [4.69, 9.17) is 17.0 Å². The van der Waals surface area contributed by atoms with Gasteiger partial charge in [-0.05, 0) is 26.1 Å². The Bertz CT molecular complexity index is 536. The van der Waals surface area contributed by atoms with Crippen LogP contribution < -0.4 is 10.7 Å². The second-order valence-electron chi connectivity index (χ2n) is 5.29. The zero-order valence-electron chi connectivity index (χ0n) is 13.4. The number of hydrogen-bond donors (Lipinski definition) is 2. The number of aryl methyl sites for hydroxylation is 2. The second-order valence-corrected chi connectivity index (χ2v) is 5.70. The Kier molecular flexibility index (Phi) is 6.29. The lowest BCUT2D eigenvalue weighted by molar-refractivity contribution is 0.0389. The largest absolute Gasteiger partial charge is 0.379 e. The Hall–Kier alpha value is -1.51. The van der Waals surface area contributed by atoms with E-state index in [1.807, 2.05) is 25.6 Å². The van der Waals surface area contributed by atoms with Crippen molar-refractivity contribution >= 4 is 23.5 Å². The molecule has 2 rings (SSSR count). The van der Waals surface area contributed by atoms with Crippen molar-refractivity contribution in [1.82, 2.24) is 25.4 Å². The Morgan fingerprint density at radius 2 is 2.14 bits per heavy atom. The molecule has 1 aliphatic rings. The molecule has 0 aromatic carbocycles. The molecule has 0 unspecified atom stereocenters. The summed E-state index contributed by atoms with van der Waals surface area (Å²) >= 11 is 5.21. The lowest BCUT2D eigenvalue weighted by Crippen LogP contribution is -2.42. The summed E-state index contributed by atoms with van der Waals surface area (Å²) in [5.74, 6) is 0. The highest BCUT2D eigenvalue weighted by Crippen LogP contribution is 2.08. The number of nitrogens with zero attached hydrogens (tertiary/aromatic N) is 4. The van der Waals surface area contributed by atoms with E-state index in [0.29, 0.717) is 5.11 Å². The first-order chi connectivity index (χ1) is 10.6. The quantitative estimate of drug-likeness (QED) is 0.457. The Balaban J connectivity index is 1.69. The average Bonchev–Trinajstić information content (AvgIpc) is 2.74. The van der Waals surface area contributed by atoms with E-state index in [0.717, 1.165) is 56.3 Å². The van der Waals surface area contributed by atoms with Gasteiger partial charge in [-0.1, -0.05) is 0 Å². The van der Waals surface area contributed by atoms with E-state index in [1.54, 1.807) is 6.21 Å². The first-order valence-corrected chi connectivity index (χ1v) is 7.86. The van der Waals surface area contributed by atoms with Crippen molar-refractivity contribution < 1.29 is 4.74 Å². The first-order valence-electron chi connectivity index (χ1n) is 7.45. The fraction of sp³-hybridized carbons (Fsp3) is 0.643. The van der Waals surface area contributed by atoms with Crippen LogP contribution in [-0.2, 0) is 11.8 Å². The van der Waals surface area contributed by atoms with Crippen molar-refractivity contribution in [3.8, 4) is 0 Å². The molecule has 8 heteroatoms. The molecule has 1 fully saturated rings. The summed E-state index contributed by atoms with van der Waals surface area (Å²) in [5, 5.41) is 12.2. The maximum atomic E-state index is 5.32. The van der Waals surface area contributed by atoms with Crippen LogP contribution in [0.15, 0.2) is 5.10 Å². The molecule has 0 spiro atoms. The molecule has 1 aliphatic heterocycles. The molecule has 2 N–H and O–H groups in total. The molecule has 0 aliphatic carbocycles. The Labute approximate surface area is 136 Å². The third kappa shape index (κ3) is 4.75. The lowest BCUT2D eigenvalue weighted by atomic mass is 10.2. The zero-order chi connectivity index (χ0) is 15.9. The van der Waals surface area contributed by atoms with Crippen molar-refractivity contribution in [1.29, 1.82) is 0 Å². The summed E-state index contributed by atoms with van der Waals surface area (Å²) in [6, 6.07) is 0. The number of rotatable bonds is 5. The van der Waals surface area contributed by atoms with E-state index in [9.17, 15) is 0 Å². The van der Waals surface area contributed by atoms with Crippen molar-refractivity contribution in [3.63, 3.8) is 0 Å². The monoisotopic (exact) mass is 324 g/mol. The van der Waals surface area contributed by atoms with Crippen LogP contribution in [0, 0.1) is 13.8 Å². The Morgan fingerprint density at radius 1 is 1.41 bits per heavy atom. The van der Waals surface area contributed by atoms with Crippen LogP contribution in [0.25, 0.3) is 0 Å². The number of morpholine rings is 1. The van der Waals surface area contributed by atoms with Crippen LogP contribution >= 0.6 is 12.2 Å². The van der Waals surface area contributed by atoms with Gasteiger partial charge in [0.15, 0.2) is 5.11 Å². The van der Waals surface area contributed by atoms with E-state index < -0.39 is 0 Å². The Morgan fingerprint density at radius 3 is 2.77 bits per heavy atom. The van der Waals surface area contributed by atoms with Crippen LogP contribution in [0.2, 0.25) is 0 Å². The van der Waals surface area contributed by atoms with E-state index in [2.05, 4.69) is 25.8 Å². The van der Waals surface area contributed by atoms with Gasteiger partial charge in [-0.3, -0.25) is 15.0 Å². The molecule has 0 atom stereocenters. The topological polar surface area (TPSA) is 66.7 Å². The number of nitrogens with one attached hydrogen (secondary N) is 2. The zero-order valence-corrected chi connectivity index (χ0v) is 14.2. The third-order valence-corrected chi connectivity index (χ3v) is 3.98. The molecule has 22 heavy (non-hydrogen) atoms. The van der Waals surface area contributed by atoms with Crippen LogP contribution in [-0.4, -0.2) is 65.4 Å². The molecule has 0 radical (unpaired) electrons. The summed E-state index contributed by atoms with van der Waals surface area (Å²) < 4.78 is 7.16. The molecule has 2 heterocycles. The molecular weight excluding hydrogens is 300 g/mol. The van der Waals surface area contributed by atoms with Crippen LogP contribution in [0.5, 0.6) is 0 Å². The van der Waals surface area contributed by atoms with Gasteiger partial charge in [0.05, 0.1) is 25.1 Å². The number of thiocarbonyl (C=S) groups is 1. The molecule has 1 aromatic heterocycles. The van der Waals surface area contributed by atoms with Crippen molar-refractivity contribution in [2.75, 3.05) is 39.4 Å². The number of hydrazone groups is 1. The number of aromatic nitrogens is 2. The summed E-state index contributed by atoms with van der Waals surface area (Å²) in [4.78, 5) is 2.35. The number of hydrogen-bond acceptors (Lipinski definition) is 5. The predicted octanol–water partition coefficient (Wildman–Crippen LogP) is 0.167. The fourth-order valence-corrected chi connectivity index (χ4v) is 2.48. The molecule has 1 saturated heterocycles. The minimum atomic E-state index is 0.531. The summed E-state index contributed by atoms with van der Waals surface area (Å²) in [6.45, 7) is 9.34. The normalized spacial score (nSPS) is 16.1. The van der Waals surface area contributed by atoms with Gasteiger partial charge in [-0.25, -0.2) is 0 Å². The molecule has 1 aromatic rings. The van der Waals surface area contributed by atoms with Gasteiger partial charge in [-0.15, -0.1) is 0 Å². The highest BCUT2D eigenvalue weighted by molar-refractivity contribution is 7.80.